The van der Waals surface area contributed by atoms with Gasteiger partial charge in [-0.1, -0.05) is 42.5 Å². The number of hydrogen-bond acceptors (Lipinski definition) is 6. The van der Waals surface area contributed by atoms with Crippen LogP contribution >= 0.6 is 0 Å². The van der Waals surface area contributed by atoms with Crippen LogP contribution in [0.4, 0.5) is 0 Å². The predicted molar refractivity (Wildman–Crippen MR) is 136 cm³/mol. The fraction of sp³-hybridized carbons (Fsp3) is 0.241. The van der Waals surface area contributed by atoms with Crippen LogP contribution in [-0.2, 0) is 20.9 Å². The van der Waals surface area contributed by atoms with Crippen molar-refractivity contribution in [1.82, 2.24) is 4.90 Å². The first-order chi connectivity index (χ1) is 17.4. The summed E-state index contributed by atoms with van der Waals surface area (Å²) in [6, 6.07) is 20.5. The van der Waals surface area contributed by atoms with Gasteiger partial charge in [0.2, 0.25) is 0 Å². The molecule has 1 aliphatic heterocycles. The van der Waals surface area contributed by atoms with Crippen molar-refractivity contribution < 1.29 is 29.3 Å². The number of aliphatic hydroxyl groups excluding tert-OH is 1. The number of nitrogens with zero attached hydrogens (tertiary/aromatic N) is 1. The highest BCUT2D eigenvalue weighted by molar-refractivity contribution is 6.46. The monoisotopic (exact) mass is 487 g/mol. The van der Waals surface area contributed by atoms with Crippen LogP contribution in [0.15, 0.2) is 78.4 Å². The van der Waals surface area contributed by atoms with Gasteiger partial charge in [-0.25, -0.2) is 0 Å². The lowest BCUT2D eigenvalue weighted by Gasteiger charge is -2.25. The van der Waals surface area contributed by atoms with Crippen LogP contribution in [0.3, 0.4) is 0 Å². The minimum Gasteiger partial charge on any atom is -0.508 e. The number of aliphatic hydroxyl groups is 1. The Hall–Kier alpha value is -4.10. The highest BCUT2D eigenvalue weighted by Gasteiger charge is 2.45. The number of carbonyl (C=O) groups excluding carboxylic acids is 2. The molecule has 1 heterocycles. The van der Waals surface area contributed by atoms with Gasteiger partial charge >= 0.3 is 0 Å². The topological polar surface area (TPSA) is 96.3 Å². The molecule has 3 aromatic rings. The molecule has 0 aliphatic carbocycles. The molecule has 4 rings (SSSR count). The molecule has 7 heteroatoms. The third-order valence-electron chi connectivity index (χ3n) is 6.20. The summed E-state index contributed by atoms with van der Waals surface area (Å²) >= 11 is 0. The number of Topliss-reactive ketones (excluding diaryl/α,β-unsaturated/α-hetero) is 1. The molecular weight excluding hydrogens is 458 g/mol. The molecular formula is C29H29NO6. The molecule has 36 heavy (non-hydrogen) atoms. The van der Waals surface area contributed by atoms with Crippen LogP contribution in [0, 0.1) is 6.92 Å². The smallest absolute Gasteiger partial charge is 0.295 e. The van der Waals surface area contributed by atoms with Crippen LogP contribution in [0.5, 0.6) is 11.5 Å². The third kappa shape index (κ3) is 5.26. The van der Waals surface area contributed by atoms with E-state index in [0.717, 1.165) is 5.56 Å². The maximum absolute atomic E-state index is 13.1. The Labute approximate surface area is 210 Å². The lowest BCUT2D eigenvalue weighted by atomic mass is 9.94. The van der Waals surface area contributed by atoms with Crippen molar-refractivity contribution in [3.05, 3.63) is 101 Å². The number of ether oxygens (including phenoxy) is 2. The van der Waals surface area contributed by atoms with E-state index in [1.54, 1.807) is 37.4 Å². The standard InChI is InChI=1S/C29H29NO6/c1-19-17-23(36-18-20-7-4-3-5-8-20)13-14-24(19)27(32)25-26(21-9-11-22(31)12-10-21)30(15-6-16-35-2)29(34)28(25)33/h3-5,7-14,17,26,31-32H,6,15-16,18H2,1-2H3/b27-25+/t26-/m0/s1. The van der Waals surface area contributed by atoms with Gasteiger partial charge in [0.15, 0.2) is 0 Å². The van der Waals surface area contributed by atoms with Crippen molar-refractivity contribution in [2.75, 3.05) is 20.3 Å². The summed E-state index contributed by atoms with van der Waals surface area (Å²) in [5.74, 6) is -0.967. The first kappa shape index (κ1) is 25.0. The van der Waals surface area contributed by atoms with E-state index in [4.69, 9.17) is 9.47 Å². The number of rotatable bonds is 9. The van der Waals surface area contributed by atoms with Gasteiger partial charge < -0.3 is 24.6 Å². The van der Waals surface area contributed by atoms with E-state index in [1.807, 2.05) is 37.3 Å². The SMILES string of the molecule is COCCCN1C(=O)C(=O)/C(=C(/O)c2ccc(OCc3ccccc3)cc2C)[C@@H]1c1ccc(O)cc1. The van der Waals surface area contributed by atoms with E-state index in [9.17, 15) is 19.8 Å². The van der Waals surface area contributed by atoms with Crippen molar-refractivity contribution in [2.45, 2.75) is 26.0 Å². The number of ketones is 1. The van der Waals surface area contributed by atoms with E-state index in [0.29, 0.717) is 42.1 Å². The summed E-state index contributed by atoms with van der Waals surface area (Å²) in [4.78, 5) is 27.6. The Morgan fingerprint density at radius 3 is 2.39 bits per heavy atom. The van der Waals surface area contributed by atoms with Gasteiger partial charge in [-0.05, 0) is 60.4 Å². The quantitative estimate of drug-likeness (QED) is 0.196. The Bertz CT molecular complexity index is 1270. The number of benzene rings is 3. The lowest BCUT2D eigenvalue weighted by molar-refractivity contribution is -0.140. The lowest BCUT2D eigenvalue weighted by Crippen LogP contribution is -2.31. The van der Waals surface area contributed by atoms with Crippen molar-refractivity contribution >= 4 is 17.4 Å². The minimum absolute atomic E-state index is 0.0177. The van der Waals surface area contributed by atoms with Gasteiger partial charge in [-0.2, -0.15) is 0 Å². The van der Waals surface area contributed by atoms with Gasteiger partial charge in [0.1, 0.15) is 23.9 Å². The van der Waals surface area contributed by atoms with Crippen LogP contribution in [0.2, 0.25) is 0 Å². The molecule has 0 spiro atoms. The normalized spacial score (nSPS) is 16.9. The molecule has 3 aromatic carbocycles. The summed E-state index contributed by atoms with van der Waals surface area (Å²) in [7, 11) is 1.57. The van der Waals surface area contributed by atoms with Gasteiger partial charge in [0.25, 0.3) is 11.7 Å². The molecule has 7 nitrogen and oxygen atoms in total. The molecule has 1 atom stereocenters. The number of aromatic hydroxyl groups is 1. The molecule has 1 amide bonds. The molecule has 1 fully saturated rings. The van der Waals surface area contributed by atoms with Crippen molar-refractivity contribution in [1.29, 1.82) is 0 Å². The zero-order valence-corrected chi connectivity index (χ0v) is 20.3. The molecule has 1 saturated heterocycles. The van der Waals surface area contributed by atoms with Crippen LogP contribution in [-0.4, -0.2) is 47.1 Å². The van der Waals surface area contributed by atoms with E-state index in [2.05, 4.69) is 0 Å². The number of amides is 1. The van der Waals surface area contributed by atoms with E-state index in [-0.39, 0.29) is 23.6 Å². The van der Waals surface area contributed by atoms with Gasteiger partial charge in [-0.15, -0.1) is 0 Å². The Morgan fingerprint density at radius 2 is 1.72 bits per heavy atom. The number of likely N-dealkylation sites (tertiary alicyclic amines) is 1. The first-order valence-corrected chi connectivity index (χ1v) is 11.7. The number of hydrogen-bond donors (Lipinski definition) is 2. The molecule has 2 N–H and O–H groups in total. The van der Waals surface area contributed by atoms with Crippen LogP contribution in [0.25, 0.3) is 5.76 Å². The number of carbonyl (C=O) groups is 2. The van der Waals surface area contributed by atoms with E-state index < -0.39 is 17.7 Å². The first-order valence-electron chi connectivity index (χ1n) is 11.7. The zero-order chi connectivity index (χ0) is 25.7. The molecule has 0 saturated carbocycles. The second kappa shape index (κ2) is 11.1. The van der Waals surface area contributed by atoms with Crippen molar-refractivity contribution in [3.8, 4) is 11.5 Å². The van der Waals surface area contributed by atoms with Gasteiger partial charge in [0.05, 0.1) is 11.6 Å². The molecule has 0 aromatic heterocycles. The molecule has 0 bridgehead atoms. The fourth-order valence-corrected chi connectivity index (χ4v) is 4.37. The zero-order valence-electron chi connectivity index (χ0n) is 20.3. The second-order valence-electron chi connectivity index (χ2n) is 8.68. The van der Waals surface area contributed by atoms with Crippen LogP contribution in [0.1, 0.15) is 34.7 Å². The van der Waals surface area contributed by atoms with Crippen molar-refractivity contribution in [2.24, 2.45) is 0 Å². The summed E-state index contributed by atoms with van der Waals surface area (Å²) in [6.07, 6.45) is 0.532. The minimum atomic E-state index is -0.782. The van der Waals surface area contributed by atoms with Gasteiger partial charge in [-0.3, -0.25) is 9.59 Å². The maximum atomic E-state index is 13.1. The average molecular weight is 488 g/mol. The number of phenolic OH excluding ortho intramolecular Hbond substituents is 1. The largest absolute Gasteiger partial charge is 0.508 e. The fourth-order valence-electron chi connectivity index (χ4n) is 4.37. The molecule has 0 unspecified atom stereocenters. The Kier molecular flexibility index (Phi) is 7.71. The summed E-state index contributed by atoms with van der Waals surface area (Å²) in [5, 5.41) is 21.1. The molecule has 1 aliphatic rings. The number of methoxy groups -OCH3 is 1. The summed E-state index contributed by atoms with van der Waals surface area (Å²) in [6.45, 7) is 2.93. The van der Waals surface area contributed by atoms with E-state index >= 15 is 0 Å². The van der Waals surface area contributed by atoms with Gasteiger partial charge in [0, 0.05) is 25.8 Å². The summed E-state index contributed by atoms with van der Waals surface area (Å²) in [5.41, 5.74) is 2.81. The van der Waals surface area contributed by atoms with Crippen molar-refractivity contribution in [3.63, 3.8) is 0 Å². The molecule has 0 radical (unpaired) electrons. The predicted octanol–water partition coefficient (Wildman–Crippen LogP) is 4.74. The molecule has 186 valence electrons. The maximum Gasteiger partial charge on any atom is 0.295 e. The van der Waals surface area contributed by atoms with E-state index in [1.165, 1.54) is 17.0 Å². The Morgan fingerprint density at radius 1 is 1.00 bits per heavy atom. The summed E-state index contributed by atoms with van der Waals surface area (Å²) < 4.78 is 11.0. The average Bonchev–Trinajstić information content (AvgIpc) is 3.13. The highest BCUT2D eigenvalue weighted by Crippen LogP contribution is 2.40. The number of phenols is 1. The Balaban J connectivity index is 1.68. The highest BCUT2D eigenvalue weighted by atomic mass is 16.5. The third-order valence-corrected chi connectivity index (χ3v) is 6.20. The second-order valence-corrected chi connectivity index (χ2v) is 8.68. The number of aryl methyl sites for hydroxylation is 1. The van der Waals surface area contributed by atoms with Crippen LogP contribution < -0.4 is 4.74 Å².